The number of aromatic nitrogens is 3. The molecule has 9 aromatic rings. The number of nitrogens with zero attached hydrogens (tertiary/aromatic N) is 3. The lowest BCUT2D eigenvalue weighted by Gasteiger charge is -2.22. The Morgan fingerprint density at radius 3 is 1.94 bits per heavy atom. The Labute approximate surface area is 291 Å². The third-order valence-corrected chi connectivity index (χ3v) is 10.6. The topological polar surface area (TPSA) is 30.7 Å². The lowest BCUT2D eigenvalue weighted by atomic mass is 9.81. The first-order chi connectivity index (χ1) is 24.5. The third kappa shape index (κ3) is 4.30. The van der Waals surface area contributed by atoms with Crippen LogP contribution in [-0.4, -0.2) is 14.5 Å². The molecular weight excluding hydrogens is 607 g/mol. The first-order valence-corrected chi connectivity index (χ1v) is 17.3. The number of para-hydroxylation sites is 1. The average Bonchev–Trinajstić information content (AvgIpc) is 3.63. The van der Waals surface area contributed by atoms with Crippen molar-refractivity contribution in [3.63, 3.8) is 0 Å². The molecule has 2 heterocycles. The average molecular weight is 640 g/mol. The van der Waals surface area contributed by atoms with Gasteiger partial charge >= 0.3 is 0 Å². The van der Waals surface area contributed by atoms with Crippen molar-refractivity contribution >= 4 is 32.6 Å². The van der Waals surface area contributed by atoms with Crippen molar-refractivity contribution in [3.05, 3.63) is 175 Å². The monoisotopic (exact) mass is 639 g/mol. The molecular formula is C47H33N3. The zero-order valence-corrected chi connectivity index (χ0v) is 27.9. The van der Waals surface area contributed by atoms with Gasteiger partial charge in [0.15, 0.2) is 5.82 Å². The molecule has 0 fully saturated rings. The summed E-state index contributed by atoms with van der Waals surface area (Å²) in [4.78, 5) is 10.3. The molecule has 0 saturated carbocycles. The minimum Gasteiger partial charge on any atom is -0.294 e. The lowest BCUT2D eigenvalue weighted by molar-refractivity contribution is 0.661. The highest BCUT2D eigenvalue weighted by Gasteiger charge is 2.36. The minimum absolute atomic E-state index is 0.105. The molecule has 0 aliphatic heterocycles. The van der Waals surface area contributed by atoms with E-state index in [1.807, 2.05) is 24.3 Å². The summed E-state index contributed by atoms with van der Waals surface area (Å²) < 4.78 is 2.31. The number of benzene rings is 7. The molecule has 0 spiro atoms. The summed E-state index contributed by atoms with van der Waals surface area (Å²) in [5.74, 6) is 1.55. The van der Waals surface area contributed by atoms with Gasteiger partial charge in [0.25, 0.3) is 0 Å². The highest BCUT2D eigenvalue weighted by Crippen LogP contribution is 2.52. The zero-order valence-electron chi connectivity index (χ0n) is 27.9. The maximum Gasteiger partial charge on any atom is 0.162 e. The molecule has 7 aromatic carbocycles. The van der Waals surface area contributed by atoms with Crippen molar-refractivity contribution in [2.24, 2.45) is 0 Å². The number of hydrogen-bond donors (Lipinski definition) is 0. The van der Waals surface area contributed by atoms with E-state index in [4.69, 9.17) is 9.97 Å². The Hall–Kier alpha value is -6.32. The van der Waals surface area contributed by atoms with E-state index in [-0.39, 0.29) is 5.41 Å². The number of hydrogen-bond acceptors (Lipinski definition) is 2. The predicted molar refractivity (Wildman–Crippen MR) is 208 cm³/mol. The summed E-state index contributed by atoms with van der Waals surface area (Å²) in [6, 6.07) is 58.7. The fraction of sp³-hybridized carbons (Fsp3) is 0.0638. The molecule has 1 aliphatic carbocycles. The van der Waals surface area contributed by atoms with Crippen LogP contribution in [0.2, 0.25) is 0 Å². The standard InChI is InChI=1S/C47H33N3/c1-47(2)39-26-23-30-13-9-10-18-35(30)45(39)38-25-22-33(27-40(38)47)34-21-24-37-36-19-11-12-20-42(36)50(43(37)28-34)44-29-41(31-14-5-3-6-15-31)48-46(49-44)32-16-7-4-8-17-32/h3-29H,1-2H3. The molecule has 1 aliphatic rings. The van der Waals surface area contributed by atoms with Crippen LogP contribution >= 0.6 is 0 Å². The zero-order chi connectivity index (χ0) is 33.4. The second kappa shape index (κ2) is 10.8. The lowest BCUT2D eigenvalue weighted by Crippen LogP contribution is -2.15. The van der Waals surface area contributed by atoms with E-state index in [1.54, 1.807) is 0 Å². The summed E-state index contributed by atoms with van der Waals surface area (Å²) >= 11 is 0. The number of fused-ring (bicyclic) bond motifs is 8. The maximum absolute atomic E-state index is 5.24. The fourth-order valence-corrected chi connectivity index (χ4v) is 8.11. The van der Waals surface area contributed by atoms with Crippen LogP contribution in [0.25, 0.3) is 83.3 Å². The van der Waals surface area contributed by atoms with Gasteiger partial charge in [-0.1, -0.05) is 153 Å². The molecule has 0 radical (unpaired) electrons. The van der Waals surface area contributed by atoms with Crippen molar-refractivity contribution in [2.45, 2.75) is 19.3 Å². The van der Waals surface area contributed by atoms with Gasteiger partial charge in [-0.3, -0.25) is 4.57 Å². The summed E-state index contributed by atoms with van der Waals surface area (Å²) in [5.41, 5.74) is 12.9. The van der Waals surface area contributed by atoms with Crippen molar-refractivity contribution in [2.75, 3.05) is 0 Å². The molecule has 0 saturated heterocycles. The second-order valence-corrected chi connectivity index (χ2v) is 13.8. The summed E-state index contributed by atoms with van der Waals surface area (Å²) in [7, 11) is 0. The summed E-state index contributed by atoms with van der Waals surface area (Å²) in [6.45, 7) is 4.72. The van der Waals surface area contributed by atoms with Crippen LogP contribution in [0, 0.1) is 0 Å². The van der Waals surface area contributed by atoms with Crippen LogP contribution in [0.4, 0.5) is 0 Å². The van der Waals surface area contributed by atoms with Gasteiger partial charge in [0, 0.05) is 33.4 Å². The minimum atomic E-state index is -0.105. The number of rotatable bonds is 4. The van der Waals surface area contributed by atoms with Crippen molar-refractivity contribution in [1.29, 1.82) is 0 Å². The quantitative estimate of drug-likeness (QED) is 0.192. The van der Waals surface area contributed by atoms with E-state index < -0.39 is 0 Å². The SMILES string of the molecule is CC1(C)c2cc(-c3ccc4c5ccccc5n(-c5cc(-c6ccccc6)nc(-c6ccccc6)n5)c4c3)ccc2-c2c1ccc1ccccc21. The van der Waals surface area contributed by atoms with Crippen LogP contribution in [0.1, 0.15) is 25.0 Å². The van der Waals surface area contributed by atoms with Gasteiger partial charge in [-0.25, -0.2) is 9.97 Å². The predicted octanol–water partition coefficient (Wildman–Crippen LogP) is 12.0. The van der Waals surface area contributed by atoms with Gasteiger partial charge in [0.05, 0.1) is 16.7 Å². The first-order valence-electron chi connectivity index (χ1n) is 17.3. The van der Waals surface area contributed by atoms with Crippen LogP contribution < -0.4 is 0 Å². The van der Waals surface area contributed by atoms with E-state index in [1.165, 1.54) is 54.9 Å². The Morgan fingerprint density at radius 2 is 1.12 bits per heavy atom. The Kier molecular flexibility index (Phi) is 6.22. The summed E-state index contributed by atoms with van der Waals surface area (Å²) in [5, 5.41) is 5.01. The van der Waals surface area contributed by atoms with E-state index in [2.05, 4.69) is 158 Å². The molecule has 3 heteroatoms. The Morgan fingerprint density at radius 1 is 0.460 bits per heavy atom. The van der Waals surface area contributed by atoms with Crippen LogP contribution in [-0.2, 0) is 5.41 Å². The van der Waals surface area contributed by atoms with E-state index in [0.29, 0.717) is 5.82 Å². The van der Waals surface area contributed by atoms with Gasteiger partial charge in [0.1, 0.15) is 5.82 Å². The van der Waals surface area contributed by atoms with Gasteiger partial charge < -0.3 is 0 Å². The molecule has 236 valence electrons. The van der Waals surface area contributed by atoms with E-state index in [0.717, 1.165) is 33.7 Å². The molecule has 50 heavy (non-hydrogen) atoms. The van der Waals surface area contributed by atoms with Gasteiger partial charge in [-0.05, 0) is 62.4 Å². The van der Waals surface area contributed by atoms with Gasteiger partial charge in [-0.2, -0.15) is 0 Å². The smallest absolute Gasteiger partial charge is 0.162 e. The Bertz CT molecular complexity index is 2720. The van der Waals surface area contributed by atoms with Gasteiger partial charge in [0.2, 0.25) is 0 Å². The van der Waals surface area contributed by atoms with Crippen molar-refractivity contribution < 1.29 is 0 Å². The van der Waals surface area contributed by atoms with Crippen LogP contribution in [0.15, 0.2) is 164 Å². The maximum atomic E-state index is 5.24. The van der Waals surface area contributed by atoms with Crippen LogP contribution in [0.5, 0.6) is 0 Å². The highest BCUT2D eigenvalue weighted by atomic mass is 15.1. The van der Waals surface area contributed by atoms with Crippen LogP contribution in [0.3, 0.4) is 0 Å². The van der Waals surface area contributed by atoms with E-state index >= 15 is 0 Å². The molecule has 0 bridgehead atoms. The normalized spacial score (nSPS) is 13.2. The van der Waals surface area contributed by atoms with Gasteiger partial charge in [-0.15, -0.1) is 0 Å². The van der Waals surface area contributed by atoms with E-state index in [9.17, 15) is 0 Å². The molecule has 0 amide bonds. The molecule has 3 nitrogen and oxygen atoms in total. The second-order valence-electron chi connectivity index (χ2n) is 13.8. The molecule has 10 rings (SSSR count). The first kappa shape index (κ1) is 28.7. The largest absolute Gasteiger partial charge is 0.294 e. The molecule has 0 unspecified atom stereocenters. The molecule has 2 aromatic heterocycles. The highest BCUT2D eigenvalue weighted by molar-refractivity contribution is 6.10. The summed E-state index contributed by atoms with van der Waals surface area (Å²) in [6.07, 6.45) is 0. The van der Waals surface area contributed by atoms with Crippen molar-refractivity contribution in [3.8, 4) is 50.7 Å². The van der Waals surface area contributed by atoms with Crippen molar-refractivity contribution in [1.82, 2.24) is 14.5 Å². The third-order valence-electron chi connectivity index (χ3n) is 10.6. The Balaban J connectivity index is 1.19. The molecule has 0 N–H and O–H groups in total. The fourth-order valence-electron chi connectivity index (χ4n) is 8.11. The molecule has 0 atom stereocenters.